The molecule has 1 aromatic heterocycles. The third-order valence-electron chi connectivity index (χ3n) is 5.13. The fourth-order valence-corrected chi connectivity index (χ4v) is 3.71. The number of nitrogens with one attached hydrogen (secondary N) is 1. The first-order chi connectivity index (χ1) is 15.0. The predicted molar refractivity (Wildman–Crippen MR) is 126 cm³/mol. The van der Waals surface area contributed by atoms with Gasteiger partial charge in [-0.15, -0.1) is 0 Å². The number of rotatable bonds is 7. The number of carbonyl (C=O) groups is 1. The van der Waals surface area contributed by atoms with Crippen LogP contribution < -0.4 is 10.1 Å². The lowest BCUT2D eigenvalue weighted by Gasteiger charge is -2.12. The molecule has 1 N–H and O–H groups in total. The molecule has 6 heteroatoms. The van der Waals surface area contributed by atoms with Crippen LogP contribution in [0.15, 0.2) is 71.2 Å². The topological polar surface area (TPSA) is 56.1 Å². The summed E-state index contributed by atoms with van der Waals surface area (Å²) < 4.78 is 8.91. The molecule has 0 aliphatic rings. The van der Waals surface area contributed by atoms with E-state index in [0.717, 1.165) is 43.8 Å². The summed E-state index contributed by atoms with van der Waals surface area (Å²) in [6.07, 6.45) is 0. The van der Waals surface area contributed by atoms with E-state index < -0.39 is 0 Å². The van der Waals surface area contributed by atoms with Crippen molar-refractivity contribution in [1.29, 1.82) is 0 Å². The molecular formula is C25H24BrN3O2. The van der Waals surface area contributed by atoms with E-state index in [2.05, 4.69) is 44.0 Å². The zero-order valence-corrected chi connectivity index (χ0v) is 19.1. The summed E-state index contributed by atoms with van der Waals surface area (Å²) in [5.41, 5.74) is 5.23. The molecule has 5 nitrogen and oxygen atoms in total. The average Bonchev–Trinajstić information content (AvgIpc) is 3.12. The minimum atomic E-state index is -0.178. The zero-order valence-electron chi connectivity index (χ0n) is 17.6. The Morgan fingerprint density at radius 2 is 1.84 bits per heavy atom. The molecule has 0 radical (unpaired) electrons. The Balaban J connectivity index is 1.47. The van der Waals surface area contributed by atoms with Crippen LogP contribution in [0.5, 0.6) is 5.75 Å². The molecule has 0 fully saturated rings. The highest BCUT2D eigenvalue weighted by Crippen LogP contribution is 2.20. The van der Waals surface area contributed by atoms with Crippen LogP contribution in [0.2, 0.25) is 0 Å². The lowest BCUT2D eigenvalue weighted by Crippen LogP contribution is -2.29. The number of halogens is 1. The van der Waals surface area contributed by atoms with Gasteiger partial charge in [0.1, 0.15) is 11.6 Å². The average molecular weight is 478 g/mol. The largest absolute Gasteiger partial charge is 0.483 e. The molecule has 4 aromatic rings. The van der Waals surface area contributed by atoms with Crippen molar-refractivity contribution >= 4 is 32.9 Å². The highest BCUT2D eigenvalue weighted by Gasteiger charge is 2.13. The maximum Gasteiger partial charge on any atom is 0.258 e. The second-order valence-electron chi connectivity index (χ2n) is 7.56. The molecule has 158 valence electrons. The van der Waals surface area contributed by atoms with Gasteiger partial charge in [-0.05, 0) is 60.9 Å². The van der Waals surface area contributed by atoms with Crippen molar-refractivity contribution in [2.45, 2.75) is 26.9 Å². The third-order valence-corrected chi connectivity index (χ3v) is 5.66. The van der Waals surface area contributed by atoms with E-state index in [1.54, 1.807) is 0 Å². The first-order valence-electron chi connectivity index (χ1n) is 10.1. The van der Waals surface area contributed by atoms with E-state index >= 15 is 0 Å². The van der Waals surface area contributed by atoms with Crippen LogP contribution in [0.25, 0.3) is 11.0 Å². The fraction of sp³-hybridized carbons (Fsp3) is 0.200. The SMILES string of the molecule is Cc1ccc(C)c(OCC(=O)NCc2nc3ccccc3n2Cc2ccc(Br)cc2)c1. The van der Waals surface area contributed by atoms with Crippen LogP contribution in [0.1, 0.15) is 22.5 Å². The maximum absolute atomic E-state index is 12.4. The minimum absolute atomic E-state index is 0.0305. The van der Waals surface area contributed by atoms with Crippen molar-refractivity contribution in [3.63, 3.8) is 0 Å². The Kier molecular flexibility index (Phi) is 6.37. The van der Waals surface area contributed by atoms with Crippen molar-refractivity contribution in [3.05, 3.63) is 93.7 Å². The summed E-state index contributed by atoms with van der Waals surface area (Å²) in [6, 6.07) is 22.2. The normalized spacial score (nSPS) is 10.9. The maximum atomic E-state index is 12.4. The number of ether oxygens (including phenoxy) is 1. The summed E-state index contributed by atoms with van der Waals surface area (Å²) in [6.45, 7) is 4.95. The number of aromatic nitrogens is 2. The molecule has 0 spiro atoms. The number of hydrogen-bond acceptors (Lipinski definition) is 3. The quantitative estimate of drug-likeness (QED) is 0.399. The summed E-state index contributed by atoms with van der Waals surface area (Å²) in [5, 5.41) is 2.94. The van der Waals surface area contributed by atoms with Crippen molar-refractivity contribution < 1.29 is 9.53 Å². The smallest absolute Gasteiger partial charge is 0.258 e. The van der Waals surface area contributed by atoms with E-state index in [1.165, 1.54) is 0 Å². The molecular weight excluding hydrogens is 454 g/mol. The van der Waals surface area contributed by atoms with Gasteiger partial charge >= 0.3 is 0 Å². The number of amides is 1. The lowest BCUT2D eigenvalue weighted by atomic mass is 10.1. The summed E-state index contributed by atoms with van der Waals surface area (Å²) in [5.74, 6) is 1.37. The van der Waals surface area contributed by atoms with Gasteiger partial charge in [0.2, 0.25) is 0 Å². The summed E-state index contributed by atoms with van der Waals surface area (Å²) in [4.78, 5) is 17.2. The zero-order chi connectivity index (χ0) is 21.8. The third kappa shape index (κ3) is 5.14. The highest BCUT2D eigenvalue weighted by molar-refractivity contribution is 9.10. The highest BCUT2D eigenvalue weighted by atomic mass is 79.9. The van der Waals surface area contributed by atoms with Crippen LogP contribution in [0, 0.1) is 13.8 Å². The second kappa shape index (κ2) is 9.35. The van der Waals surface area contributed by atoms with E-state index in [1.807, 2.05) is 62.4 Å². The number of para-hydroxylation sites is 2. The Morgan fingerprint density at radius 3 is 2.65 bits per heavy atom. The molecule has 0 saturated heterocycles. The van der Waals surface area contributed by atoms with Gasteiger partial charge in [0.25, 0.3) is 5.91 Å². The van der Waals surface area contributed by atoms with Crippen LogP contribution in [0.4, 0.5) is 0 Å². The molecule has 1 amide bonds. The van der Waals surface area contributed by atoms with Gasteiger partial charge in [-0.2, -0.15) is 0 Å². The number of nitrogens with zero attached hydrogens (tertiary/aromatic N) is 2. The molecule has 0 saturated carbocycles. The molecule has 0 atom stereocenters. The molecule has 3 aromatic carbocycles. The molecule has 4 rings (SSSR count). The molecule has 0 aliphatic heterocycles. The van der Waals surface area contributed by atoms with Crippen LogP contribution in [0.3, 0.4) is 0 Å². The fourth-order valence-electron chi connectivity index (χ4n) is 3.44. The number of fused-ring (bicyclic) bond motifs is 1. The molecule has 1 heterocycles. The Labute approximate surface area is 190 Å². The van der Waals surface area contributed by atoms with Gasteiger partial charge in [-0.25, -0.2) is 4.98 Å². The minimum Gasteiger partial charge on any atom is -0.483 e. The van der Waals surface area contributed by atoms with Gasteiger partial charge in [-0.1, -0.05) is 52.3 Å². The Bertz CT molecular complexity index is 1220. The lowest BCUT2D eigenvalue weighted by molar-refractivity contribution is -0.123. The summed E-state index contributed by atoms with van der Waals surface area (Å²) in [7, 11) is 0. The van der Waals surface area contributed by atoms with E-state index in [-0.39, 0.29) is 12.5 Å². The van der Waals surface area contributed by atoms with E-state index in [0.29, 0.717) is 13.1 Å². The van der Waals surface area contributed by atoms with Crippen LogP contribution in [-0.4, -0.2) is 22.1 Å². The molecule has 0 bridgehead atoms. The number of imidazole rings is 1. The first-order valence-corrected chi connectivity index (χ1v) is 10.9. The number of hydrogen-bond donors (Lipinski definition) is 1. The van der Waals surface area contributed by atoms with Gasteiger partial charge < -0.3 is 14.6 Å². The van der Waals surface area contributed by atoms with Gasteiger partial charge in [0, 0.05) is 11.0 Å². The molecule has 31 heavy (non-hydrogen) atoms. The van der Waals surface area contributed by atoms with Crippen molar-refractivity contribution in [1.82, 2.24) is 14.9 Å². The van der Waals surface area contributed by atoms with Crippen molar-refractivity contribution in [2.75, 3.05) is 6.61 Å². The van der Waals surface area contributed by atoms with E-state index in [9.17, 15) is 4.79 Å². The summed E-state index contributed by atoms with van der Waals surface area (Å²) >= 11 is 3.48. The number of aryl methyl sites for hydroxylation is 2. The van der Waals surface area contributed by atoms with Crippen LogP contribution in [-0.2, 0) is 17.9 Å². The number of benzene rings is 3. The standard InChI is InChI=1S/C25H24BrN3O2/c1-17-7-8-18(2)23(13-17)31-16-25(30)27-14-24-28-21-5-3-4-6-22(21)29(24)15-19-9-11-20(26)12-10-19/h3-13H,14-16H2,1-2H3,(H,27,30). The van der Waals surface area contributed by atoms with Gasteiger partial charge in [0.05, 0.1) is 17.6 Å². The van der Waals surface area contributed by atoms with Gasteiger partial charge in [0.15, 0.2) is 6.61 Å². The predicted octanol–water partition coefficient (Wildman–Crippen LogP) is 5.16. The first kappa shape index (κ1) is 21.1. The molecule has 0 unspecified atom stereocenters. The Hall–Kier alpha value is -3.12. The molecule has 0 aliphatic carbocycles. The number of carbonyl (C=O) groups excluding carboxylic acids is 1. The monoisotopic (exact) mass is 477 g/mol. The van der Waals surface area contributed by atoms with Crippen LogP contribution >= 0.6 is 15.9 Å². The second-order valence-corrected chi connectivity index (χ2v) is 8.48. The van der Waals surface area contributed by atoms with Gasteiger partial charge in [-0.3, -0.25) is 4.79 Å². The van der Waals surface area contributed by atoms with Crippen molar-refractivity contribution in [3.8, 4) is 5.75 Å². The van der Waals surface area contributed by atoms with E-state index in [4.69, 9.17) is 9.72 Å². The Morgan fingerprint density at radius 1 is 1.06 bits per heavy atom. The van der Waals surface area contributed by atoms with Crippen molar-refractivity contribution in [2.24, 2.45) is 0 Å².